The minimum absolute atomic E-state index is 0.275. The Morgan fingerprint density at radius 1 is 0.272 bits per heavy atom. The molecule has 0 N–H and O–H groups in total. The molecule has 0 saturated heterocycles. The van der Waals surface area contributed by atoms with E-state index in [1.54, 1.807) is 54.6 Å². The molecule has 0 radical (unpaired) electrons. The number of nitrogens with zero attached hydrogens (tertiary/aromatic N) is 9. The van der Waals surface area contributed by atoms with E-state index >= 15 is 13.2 Å². The van der Waals surface area contributed by atoms with Crippen molar-refractivity contribution in [3.05, 3.63) is 295 Å². The van der Waals surface area contributed by atoms with Crippen LogP contribution in [0.3, 0.4) is 0 Å². The SMILES string of the molecule is N#Cc1ccc(-c2ccc3c(c2)c2cc(-c4ccc(C#N)cc4)ccc2n3-c2ccc(C(F)(F)F)cc2-c2ccc(-c3nc(-c4ccccc4)nc(-c4ccccc4)n3)cc2-n2c3ccc(-c4ccc(C#N)cc4)cc3c3cc(-c4ccc(C#N)cc4)ccc32)cc1. The number of hydrogen-bond donors (Lipinski definition) is 0. The van der Waals surface area contributed by atoms with Crippen molar-refractivity contribution in [1.29, 1.82) is 21.0 Å². The van der Waals surface area contributed by atoms with Crippen LogP contribution in [-0.4, -0.2) is 24.1 Å². The molecule has 12 heteroatoms. The number of rotatable bonds is 10. The Morgan fingerprint density at radius 2 is 0.587 bits per heavy atom. The molecule has 12 aromatic carbocycles. The van der Waals surface area contributed by atoms with Crippen molar-refractivity contribution in [2.75, 3.05) is 0 Å². The molecular weight excluding hydrogens is 1140 g/mol. The fourth-order valence-electron chi connectivity index (χ4n) is 12.4. The topological polar surface area (TPSA) is 144 Å². The van der Waals surface area contributed by atoms with Crippen LogP contribution in [0.2, 0.25) is 0 Å². The quantitative estimate of drug-likeness (QED) is 0.133. The molecule has 0 aliphatic heterocycles. The van der Waals surface area contributed by atoms with Gasteiger partial charge in [-0.25, -0.2) is 15.0 Å². The van der Waals surface area contributed by atoms with E-state index in [1.165, 1.54) is 6.07 Å². The summed E-state index contributed by atoms with van der Waals surface area (Å²) in [5, 5.41) is 42.2. The van der Waals surface area contributed by atoms with E-state index in [0.29, 0.717) is 62.2 Å². The van der Waals surface area contributed by atoms with Crippen LogP contribution in [0.5, 0.6) is 0 Å². The highest BCUT2D eigenvalue weighted by Gasteiger charge is 2.33. The molecule has 0 amide bonds. The second-order valence-corrected chi connectivity index (χ2v) is 22.4. The van der Waals surface area contributed by atoms with Crippen LogP contribution in [0.15, 0.2) is 267 Å². The van der Waals surface area contributed by atoms with Gasteiger partial charge >= 0.3 is 6.18 Å². The highest BCUT2D eigenvalue weighted by atomic mass is 19.4. The van der Waals surface area contributed by atoms with Crippen LogP contribution >= 0.6 is 0 Å². The summed E-state index contributed by atoms with van der Waals surface area (Å²) in [7, 11) is 0. The molecule has 0 aliphatic carbocycles. The van der Waals surface area contributed by atoms with Crippen molar-refractivity contribution in [3.8, 4) is 125 Å². The Balaban J connectivity index is 1.04. The molecule has 0 aliphatic rings. The lowest BCUT2D eigenvalue weighted by atomic mass is 9.96. The zero-order chi connectivity index (χ0) is 62.6. The average Bonchev–Trinajstić information content (AvgIpc) is 1.55. The van der Waals surface area contributed by atoms with E-state index in [2.05, 4.69) is 53.1 Å². The van der Waals surface area contributed by atoms with Gasteiger partial charge < -0.3 is 9.13 Å². The number of nitriles is 4. The molecule has 0 spiro atoms. The maximum absolute atomic E-state index is 15.7. The summed E-state index contributed by atoms with van der Waals surface area (Å²) in [5.74, 6) is 1.19. The second-order valence-electron chi connectivity index (χ2n) is 22.4. The molecule has 0 unspecified atom stereocenters. The van der Waals surface area contributed by atoms with Crippen LogP contribution in [0, 0.1) is 45.3 Å². The van der Waals surface area contributed by atoms with Gasteiger partial charge in [0.1, 0.15) is 0 Å². The van der Waals surface area contributed by atoms with Crippen molar-refractivity contribution in [2.24, 2.45) is 0 Å². The molecule has 9 nitrogen and oxygen atoms in total. The summed E-state index contributed by atoms with van der Waals surface area (Å²) in [4.78, 5) is 15.3. The van der Waals surface area contributed by atoms with Crippen molar-refractivity contribution < 1.29 is 13.2 Å². The molecule has 0 bridgehead atoms. The van der Waals surface area contributed by atoms with Gasteiger partial charge in [-0.05, 0) is 166 Å². The predicted molar refractivity (Wildman–Crippen MR) is 356 cm³/mol. The van der Waals surface area contributed by atoms with Gasteiger partial charge in [0.2, 0.25) is 0 Å². The van der Waals surface area contributed by atoms with E-state index in [-0.39, 0.29) is 5.56 Å². The highest BCUT2D eigenvalue weighted by molar-refractivity contribution is 6.14. The summed E-state index contributed by atoms with van der Waals surface area (Å²) in [6.45, 7) is 0. The average molecular weight is 1190 g/mol. The normalized spacial score (nSPS) is 11.4. The number of benzene rings is 12. The number of hydrogen-bond acceptors (Lipinski definition) is 7. The summed E-state index contributed by atoms with van der Waals surface area (Å²) in [6, 6.07) is 91.6. The van der Waals surface area contributed by atoms with Crippen molar-refractivity contribution in [2.45, 2.75) is 6.18 Å². The number of fused-ring (bicyclic) bond motifs is 6. The van der Waals surface area contributed by atoms with E-state index < -0.39 is 11.7 Å². The Hall–Kier alpha value is -13.0. The van der Waals surface area contributed by atoms with E-state index in [4.69, 9.17) is 15.0 Å². The van der Waals surface area contributed by atoms with Gasteiger partial charge in [0.25, 0.3) is 0 Å². The summed E-state index contributed by atoms with van der Waals surface area (Å²) < 4.78 is 51.4. The standard InChI is InChI=1S/C80H44F3N9/c81-80(82,83)64-32-38-75(91-71-34-28-59(53-19-11-49(45-84)12-20-53)39-66(71)67-40-60(29-35-72(67)91)54-21-13-50(46-85)14-22-54)70(44-64)65-33-27-63(79-89-77(57-7-3-1-4-8-57)88-78(90-79)58-9-5-2-6-10-58)43-76(65)92-73-36-30-61(55-23-15-51(47-86)16-24-55)41-68(73)69-42-62(31-37-74(69)92)56-25-17-52(48-87)18-26-56/h1-44H. The van der Waals surface area contributed by atoms with Crippen molar-refractivity contribution in [1.82, 2.24) is 24.1 Å². The predicted octanol–water partition coefficient (Wildman–Crippen LogP) is 19.9. The maximum atomic E-state index is 15.7. The summed E-state index contributed by atoms with van der Waals surface area (Å²) in [6.07, 6.45) is -4.76. The van der Waals surface area contributed by atoms with E-state index in [0.717, 1.165) is 105 Å². The smallest absolute Gasteiger partial charge is 0.309 e. The molecule has 0 saturated carbocycles. The van der Waals surface area contributed by atoms with Crippen LogP contribution in [0.4, 0.5) is 13.2 Å². The van der Waals surface area contributed by atoms with Gasteiger partial charge in [-0.1, -0.05) is 146 Å². The minimum Gasteiger partial charge on any atom is -0.309 e. The Morgan fingerprint density at radius 3 is 0.924 bits per heavy atom. The lowest BCUT2D eigenvalue weighted by Gasteiger charge is -2.21. The Kier molecular flexibility index (Phi) is 13.7. The third-order valence-corrected chi connectivity index (χ3v) is 17.0. The number of aromatic nitrogens is 5. The summed E-state index contributed by atoms with van der Waals surface area (Å²) >= 11 is 0. The molecule has 0 atom stereocenters. The minimum atomic E-state index is -4.76. The molecule has 0 fully saturated rings. The summed E-state index contributed by atoms with van der Waals surface area (Å²) in [5.41, 5.74) is 15.0. The zero-order valence-corrected chi connectivity index (χ0v) is 48.6. The largest absolute Gasteiger partial charge is 0.416 e. The van der Waals surface area contributed by atoms with Crippen molar-refractivity contribution in [3.63, 3.8) is 0 Å². The highest BCUT2D eigenvalue weighted by Crippen LogP contribution is 2.46. The van der Waals surface area contributed by atoms with Crippen molar-refractivity contribution >= 4 is 43.6 Å². The molecular formula is C80H44F3N9. The Labute approximate surface area is 525 Å². The second kappa shape index (κ2) is 22.6. The first-order valence-electron chi connectivity index (χ1n) is 29.4. The molecule has 92 heavy (non-hydrogen) atoms. The monoisotopic (exact) mass is 1190 g/mol. The van der Waals surface area contributed by atoms with Crippen LogP contribution in [0.1, 0.15) is 27.8 Å². The molecule has 15 aromatic rings. The molecule has 430 valence electrons. The van der Waals surface area contributed by atoms with E-state index in [1.807, 2.05) is 180 Å². The fraction of sp³-hybridized carbons (Fsp3) is 0.0125. The number of alkyl halides is 3. The van der Waals surface area contributed by atoms with Gasteiger partial charge in [0.15, 0.2) is 17.5 Å². The lowest BCUT2D eigenvalue weighted by Crippen LogP contribution is -2.08. The molecule has 3 aromatic heterocycles. The first kappa shape index (κ1) is 55.6. The van der Waals surface area contributed by atoms with Crippen LogP contribution < -0.4 is 0 Å². The zero-order valence-electron chi connectivity index (χ0n) is 48.6. The maximum Gasteiger partial charge on any atom is 0.416 e. The fourth-order valence-corrected chi connectivity index (χ4v) is 12.4. The van der Waals surface area contributed by atoms with Gasteiger partial charge in [0, 0.05) is 49.4 Å². The van der Waals surface area contributed by atoms with Gasteiger partial charge in [0.05, 0.1) is 85.5 Å². The first-order chi connectivity index (χ1) is 45.0. The Bertz CT molecular complexity index is 5340. The van der Waals surface area contributed by atoms with Crippen LogP contribution in [-0.2, 0) is 6.18 Å². The molecule has 3 heterocycles. The van der Waals surface area contributed by atoms with E-state index in [9.17, 15) is 21.0 Å². The van der Waals surface area contributed by atoms with Gasteiger partial charge in [-0.3, -0.25) is 0 Å². The van der Waals surface area contributed by atoms with Crippen LogP contribution in [0.25, 0.3) is 145 Å². The third kappa shape index (κ3) is 9.99. The third-order valence-electron chi connectivity index (χ3n) is 17.0. The number of halogens is 3. The van der Waals surface area contributed by atoms with Gasteiger partial charge in [-0.15, -0.1) is 0 Å². The first-order valence-corrected chi connectivity index (χ1v) is 29.4. The van der Waals surface area contributed by atoms with Gasteiger partial charge in [-0.2, -0.15) is 34.2 Å². The molecule has 15 rings (SSSR count). The lowest BCUT2D eigenvalue weighted by molar-refractivity contribution is -0.137.